The van der Waals surface area contributed by atoms with Gasteiger partial charge in [0, 0.05) is 23.0 Å². The highest BCUT2D eigenvalue weighted by molar-refractivity contribution is 6.30. The van der Waals surface area contributed by atoms with E-state index in [0.717, 1.165) is 0 Å². The van der Waals surface area contributed by atoms with Crippen molar-refractivity contribution in [1.82, 2.24) is 4.98 Å². The van der Waals surface area contributed by atoms with Gasteiger partial charge in [0.2, 0.25) is 5.56 Å². The Morgan fingerprint density at radius 2 is 2.06 bits per heavy atom. The van der Waals surface area contributed by atoms with E-state index in [4.69, 9.17) is 11.6 Å². The van der Waals surface area contributed by atoms with E-state index in [9.17, 15) is 9.59 Å². The molecule has 0 saturated carbocycles. The Morgan fingerprint density at radius 3 is 2.71 bits per heavy atom. The Hall–Kier alpha value is -2.07. The molecule has 0 spiro atoms. The summed E-state index contributed by atoms with van der Waals surface area (Å²) in [5, 5.41) is 3.22. The van der Waals surface area contributed by atoms with Crippen LogP contribution in [-0.2, 0) is 0 Å². The first-order chi connectivity index (χ1) is 8.15. The van der Waals surface area contributed by atoms with Crippen LogP contribution in [0.3, 0.4) is 0 Å². The first-order valence-electron chi connectivity index (χ1n) is 4.91. The molecule has 4 nitrogen and oxygen atoms in total. The number of anilines is 1. The number of carbonyl (C=O) groups is 1. The predicted octanol–water partition coefficient (Wildman–Crippen LogP) is 2.28. The van der Waals surface area contributed by atoms with Crippen LogP contribution in [0.2, 0.25) is 5.02 Å². The molecule has 0 atom stereocenters. The number of hydrogen-bond acceptors (Lipinski definition) is 2. The fourth-order valence-electron chi connectivity index (χ4n) is 1.32. The van der Waals surface area contributed by atoms with E-state index < -0.39 is 0 Å². The lowest BCUT2D eigenvalue weighted by Gasteiger charge is -2.04. The smallest absolute Gasteiger partial charge is 0.257 e. The molecule has 5 heteroatoms. The molecule has 1 aromatic heterocycles. The molecule has 1 amide bonds. The van der Waals surface area contributed by atoms with Crippen molar-refractivity contribution >= 4 is 23.2 Å². The molecule has 2 aromatic rings. The van der Waals surface area contributed by atoms with Crippen LogP contribution in [0.4, 0.5) is 5.69 Å². The fraction of sp³-hybridized carbons (Fsp3) is 0. The number of amides is 1. The molecule has 2 N–H and O–H groups in total. The van der Waals surface area contributed by atoms with Crippen molar-refractivity contribution in [2.75, 3.05) is 5.32 Å². The first kappa shape index (κ1) is 11.4. The zero-order chi connectivity index (χ0) is 12.3. The van der Waals surface area contributed by atoms with Gasteiger partial charge in [-0.05, 0) is 24.3 Å². The minimum Gasteiger partial charge on any atom is -0.328 e. The summed E-state index contributed by atoms with van der Waals surface area (Å²) in [6.45, 7) is 0. The molecule has 0 fully saturated rings. The molecule has 0 aliphatic rings. The number of nitrogens with one attached hydrogen (secondary N) is 2. The number of halogens is 1. The molecule has 0 saturated heterocycles. The van der Waals surface area contributed by atoms with Gasteiger partial charge in [0.05, 0.1) is 5.56 Å². The highest BCUT2D eigenvalue weighted by atomic mass is 35.5. The van der Waals surface area contributed by atoms with Crippen molar-refractivity contribution in [2.24, 2.45) is 0 Å². The van der Waals surface area contributed by atoms with Gasteiger partial charge in [-0.15, -0.1) is 0 Å². The molecular formula is C12H9ClN2O2. The summed E-state index contributed by atoms with van der Waals surface area (Å²) in [6.07, 6.45) is 1.36. The Labute approximate surface area is 102 Å². The number of aromatic amines is 1. The first-order valence-corrected chi connectivity index (χ1v) is 5.28. The number of benzene rings is 1. The average molecular weight is 249 g/mol. The highest BCUT2D eigenvalue weighted by Gasteiger charge is 2.05. The minimum absolute atomic E-state index is 0.246. The van der Waals surface area contributed by atoms with Gasteiger partial charge in [-0.3, -0.25) is 9.59 Å². The van der Waals surface area contributed by atoms with Crippen LogP contribution < -0.4 is 10.9 Å². The molecule has 0 aliphatic heterocycles. The summed E-state index contributed by atoms with van der Waals surface area (Å²) in [6, 6.07) is 9.59. The van der Waals surface area contributed by atoms with E-state index in [2.05, 4.69) is 10.3 Å². The number of pyridine rings is 1. The van der Waals surface area contributed by atoms with E-state index in [1.165, 1.54) is 18.3 Å². The monoisotopic (exact) mass is 248 g/mol. The third-order valence-electron chi connectivity index (χ3n) is 2.13. The third-order valence-corrected chi connectivity index (χ3v) is 2.36. The van der Waals surface area contributed by atoms with Crippen molar-refractivity contribution in [1.29, 1.82) is 0 Å². The van der Waals surface area contributed by atoms with Crippen LogP contribution in [0.25, 0.3) is 0 Å². The predicted molar refractivity (Wildman–Crippen MR) is 66.5 cm³/mol. The van der Waals surface area contributed by atoms with Gasteiger partial charge in [-0.1, -0.05) is 17.7 Å². The van der Waals surface area contributed by atoms with E-state index in [1.807, 2.05) is 0 Å². The van der Waals surface area contributed by atoms with Crippen LogP contribution in [-0.4, -0.2) is 10.9 Å². The lowest BCUT2D eigenvalue weighted by molar-refractivity contribution is 0.102. The second-order valence-corrected chi connectivity index (χ2v) is 3.84. The van der Waals surface area contributed by atoms with Gasteiger partial charge in [0.25, 0.3) is 5.91 Å². The summed E-state index contributed by atoms with van der Waals surface area (Å²) in [5.74, 6) is -0.302. The minimum atomic E-state index is -0.302. The molecule has 0 aliphatic carbocycles. The summed E-state index contributed by atoms with van der Waals surface area (Å²) >= 11 is 5.80. The number of carbonyl (C=O) groups excluding carboxylic acids is 1. The van der Waals surface area contributed by atoms with E-state index in [0.29, 0.717) is 16.3 Å². The largest absolute Gasteiger partial charge is 0.328 e. The standard InChI is InChI=1S/C12H9ClN2O2/c13-9-2-1-3-10(6-9)15-12(17)8-4-5-11(16)14-7-8/h1-7H,(H,14,16)(H,15,17). The molecule has 17 heavy (non-hydrogen) atoms. The summed E-state index contributed by atoms with van der Waals surface area (Å²) in [4.78, 5) is 25.0. The molecular weight excluding hydrogens is 240 g/mol. The maximum absolute atomic E-state index is 11.8. The molecule has 0 radical (unpaired) electrons. The summed E-state index contributed by atoms with van der Waals surface area (Å²) in [5.41, 5.74) is 0.739. The van der Waals surface area contributed by atoms with Crippen LogP contribution in [0, 0.1) is 0 Å². The Kier molecular flexibility index (Phi) is 3.25. The van der Waals surface area contributed by atoms with Crippen LogP contribution in [0.1, 0.15) is 10.4 Å². The Morgan fingerprint density at radius 1 is 1.24 bits per heavy atom. The SMILES string of the molecule is O=C(Nc1cccc(Cl)c1)c1ccc(=O)[nH]c1. The molecule has 2 rings (SSSR count). The zero-order valence-electron chi connectivity index (χ0n) is 8.74. The normalized spacial score (nSPS) is 9.94. The quantitative estimate of drug-likeness (QED) is 0.857. The number of hydrogen-bond donors (Lipinski definition) is 2. The van der Waals surface area contributed by atoms with Gasteiger partial charge < -0.3 is 10.3 Å². The van der Waals surface area contributed by atoms with E-state index >= 15 is 0 Å². The van der Waals surface area contributed by atoms with E-state index in [1.54, 1.807) is 24.3 Å². The van der Waals surface area contributed by atoms with Crippen molar-refractivity contribution in [3.63, 3.8) is 0 Å². The second-order valence-electron chi connectivity index (χ2n) is 3.41. The zero-order valence-corrected chi connectivity index (χ0v) is 9.49. The Balaban J connectivity index is 2.17. The third kappa shape index (κ3) is 2.95. The molecule has 0 bridgehead atoms. The van der Waals surface area contributed by atoms with Crippen molar-refractivity contribution < 1.29 is 4.79 Å². The van der Waals surface area contributed by atoms with Crippen LogP contribution in [0.5, 0.6) is 0 Å². The van der Waals surface area contributed by atoms with Gasteiger partial charge in [-0.25, -0.2) is 0 Å². The van der Waals surface area contributed by atoms with Gasteiger partial charge >= 0.3 is 0 Å². The van der Waals surface area contributed by atoms with Crippen molar-refractivity contribution in [3.8, 4) is 0 Å². The van der Waals surface area contributed by atoms with Crippen LogP contribution in [0.15, 0.2) is 47.4 Å². The molecule has 0 unspecified atom stereocenters. The van der Waals surface area contributed by atoms with Crippen molar-refractivity contribution in [2.45, 2.75) is 0 Å². The summed E-state index contributed by atoms with van der Waals surface area (Å²) < 4.78 is 0. The Bertz CT molecular complexity index is 587. The van der Waals surface area contributed by atoms with Crippen molar-refractivity contribution in [3.05, 3.63) is 63.5 Å². The lowest BCUT2D eigenvalue weighted by atomic mass is 10.2. The van der Waals surface area contributed by atoms with Crippen LogP contribution >= 0.6 is 11.6 Å². The fourth-order valence-corrected chi connectivity index (χ4v) is 1.51. The second kappa shape index (κ2) is 4.84. The molecule has 86 valence electrons. The number of rotatable bonds is 2. The van der Waals surface area contributed by atoms with Gasteiger partial charge in [0.15, 0.2) is 0 Å². The maximum Gasteiger partial charge on any atom is 0.257 e. The maximum atomic E-state index is 11.8. The molecule has 1 aromatic carbocycles. The molecule has 1 heterocycles. The number of aromatic nitrogens is 1. The summed E-state index contributed by atoms with van der Waals surface area (Å²) in [7, 11) is 0. The highest BCUT2D eigenvalue weighted by Crippen LogP contribution is 2.15. The van der Waals surface area contributed by atoms with Gasteiger partial charge in [0.1, 0.15) is 0 Å². The topological polar surface area (TPSA) is 62.0 Å². The average Bonchev–Trinajstić information content (AvgIpc) is 2.29. The number of H-pyrrole nitrogens is 1. The van der Waals surface area contributed by atoms with E-state index in [-0.39, 0.29) is 11.5 Å². The van der Waals surface area contributed by atoms with Gasteiger partial charge in [-0.2, -0.15) is 0 Å². The lowest BCUT2D eigenvalue weighted by Crippen LogP contribution is -2.14.